The molecule has 9 atom stereocenters. The number of rotatable bonds is 5. The van der Waals surface area contributed by atoms with E-state index in [9.17, 15) is 9.59 Å². The molecule has 0 bridgehead atoms. The minimum Gasteiger partial charge on any atom is -0.448 e. The van der Waals surface area contributed by atoms with Crippen molar-refractivity contribution in [3.63, 3.8) is 0 Å². The summed E-state index contributed by atoms with van der Waals surface area (Å²) in [5.41, 5.74) is 1.25. The smallest absolute Gasteiger partial charge is 0.407 e. The third-order valence-corrected chi connectivity index (χ3v) is 12.3. The van der Waals surface area contributed by atoms with Crippen LogP contribution in [0.2, 0.25) is 0 Å². The van der Waals surface area contributed by atoms with Crippen molar-refractivity contribution in [2.75, 3.05) is 39.5 Å². The number of alkyl carbamates (subject to hydrolysis) is 1. The fourth-order valence-electron chi connectivity index (χ4n) is 10.2. The first kappa shape index (κ1) is 26.0. The van der Waals surface area contributed by atoms with Crippen LogP contribution in [0.25, 0.3) is 0 Å². The van der Waals surface area contributed by atoms with Crippen LogP contribution in [-0.4, -0.2) is 68.2 Å². The highest BCUT2D eigenvalue weighted by molar-refractivity contribution is 5.67. The van der Waals surface area contributed by atoms with Crippen molar-refractivity contribution in [2.45, 2.75) is 88.9 Å². The molecule has 8 nitrogen and oxygen atoms in total. The number of amides is 1. The van der Waals surface area contributed by atoms with Crippen molar-refractivity contribution in [2.24, 2.45) is 28.6 Å². The summed E-state index contributed by atoms with van der Waals surface area (Å²) < 4.78 is 22.9. The average molecular weight is 541 g/mol. The summed E-state index contributed by atoms with van der Waals surface area (Å²) in [6.45, 7) is 9.54. The van der Waals surface area contributed by atoms with Gasteiger partial charge in [-0.05, 0) is 92.1 Å². The van der Waals surface area contributed by atoms with Crippen LogP contribution in [0.4, 0.5) is 4.79 Å². The first-order chi connectivity index (χ1) is 18.8. The van der Waals surface area contributed by atoms with Gasteiger partial charge in [0.25, 0.3) is 0 Å². The van der Waals surface area contributed by atoms with Crippen LogP contribution in [0, 0.1) is 28.6 Å². The van der Waals surface area contributed by atoms with E-state index in [1.54, 1.807) is 12.3 Å². The Balaban J connectivity index is 0.984. The van der Waals surface area contributed by atoms with Gasteiger partial charge in [-0.15, -0.1) is 0 Å². The highest BCUT2D eigenvalue weighted by Crippen LogP contribution is 2.77. The number of hydrogen-bond donors (Lipinski definition) is 1. The van der Waals surface area contributed by atoms with Gasteiger partial charge < -0.3 is 23.9 Å². The van der Waals surface area contributed by atoms with Crippen LogP contribution >= 0.6 is 0 Å². The number of nitrogens with zero attached hydrogens (tertiary/aromatic N) is 1. The SMILES string of the molecule is C[C@]12CC[C@H](NC(=O)OCCN3CCOCC3)C[C@H]1CC[C@@H]1[C@@H]2CC[C@]2(C)[C@@H](c3ccc(=O)oc3)C[C@H]3O[C@]132. The maximum absolute atomic E-state index is 12.6. The van der Waals surface area contributed by atoms with Crippen molar-refractivity contribution in [1.82, 2.24) is 10.2 Å². The second-order valence-corrected chi connectivity index (χ2v) is 13.7. The zero-order valence-corrected chi connectivity index (χ0v) is 23.5. The van der Waals surface area contributed by atoms with Crippen LogP contribution in [0.15, 0.2) is 27.6 Å². The van der Waals surface area contributed by atoms with Crippen molar-refractivity contribution < 1.29 is 23.4 Å². The van der Waals surface area contributed by atoms with E-state index >= 15 is 0 Å². The standard InChI is InChI=1S/C31H44N2O6/c1-29-9-7-22(32-28(35)37-16-13-33-11-14-36-15-12-33)17-21(29)4-5-24-23(29)8-10-30(2)25(18-26-31(24,30)39-26)20-3-6-27(34)38-19-20/h3,6,19,21-26H,4-5,7-18H2,1-2H3,(H,32,35)/t21-,22+,23+,24-,25-,26-,29+,30-,31-/m1/s1. The number of ether oxygens (including phenoxy) is 3. The molecule has 0 radical (unpaired) electrons. The largest absolute Gasteiger partial charge is 0.448 e. The van der Waals surface area contributed by atoms with Gasteiger partial charge in [0.05, 0.1) is 25.6 Å². The van der Waals surface area contributed by atoms with E-state index in [0.29, 0.717) is 41.8 Å². The van der Waals surface area contributed by atoms with E-state index in [4.69, 9.17) is 18.6 Å². The van der Waals surface area contributed by atoms with E-state index in [1.807, 2.05) is 6.07 Å². The molecular formula is C31H44N2O6. The minimum absolute atomic E-state index is 0.0237. The highest BCUT2D eigenvalue weighted by Gasteiger charge is 2.80. The Morgan fingerprint density at radius 3 is 2.72 bits per heavy atom. The molecule has 39 heavy (non-hydrogen) atoms. The molecule has 0 aromatic carbocycles. The predicted octanol–water partition coefficient (Wildman–Crippen LogP) is 4.32. The minimum atomic E-state index is -0.278. The van der Waals surface area contributed by atoms with Gasteiger partial charge in [0.1, 0.15) is 12.2 Å². The lowest BCUT2D eigenvalue weighted by Gasteiger charge is -2.61. The number of epoxide rings is 1. The van der Waals surface area contributed by atoms with Crippen LogP contribution in [0.3, 0.4) is 0 Å². The zero-order chi connectivity index (χ0) is 26.8. The molecule has 1 amide bonds. The Kier molecular flexibility index (Phi) is 6.40. The summed E-state index contributed by atoms with van der Waals surface area (Å²) in [6.07, 6.45) is 10.9. The third kappa shape index (κ3) is 4.11. The van der Waals surface area contributed by atoms with Gasteiger partial charge in [-0.2, -0.15) is 0 Å². The highest BCUT2D eigenvalue weighted by atomic mass is 16.6. The maximum Gasteiger partial charge on any atom is 0.407 e. The van der Waals surface area contributed by atoms with Crippen molar-refractivity contribution >= 4 is 6.09 Å². The van der Waals surface area contributed by atoms with Gasteiger partial charge in [0.2, 0.25) is 0 Å². The van der Waals surface area contributed by atoms with Crippen LogP contribution in [0.5, 0.6) is 0 Å². The topological polar surface area (TPSA) is 93.5 Å². The lowest BCUT2D eigenvalue weighted by Crippen LogP contribution is -2.59. The first-order valence-electron chi connectivity index (χ1n) is 15.3. The van der Waals surface area contributed by atoms with Crippen molar-refractivity contribution in [1.29, 1.82) is 0 Å². The average Bonchev–Trinajstić information content (AvgIpc) is 3.59. The molecule has 2 aliphatic heterocycles. The van der Waals surface area contributed by atoms with Gasteiger partial charge in [-0.1, -0.05) is 13.8 Å². The predicted molar refractivity (Wildman–Crippen MR) is 144 cm³/mol. The normalized spacial score (nSPS) is 44.9. The van der Waals surface area contributed by atoms with Crippen molar-refractivity contribution in [3.8, 4) is 0 Å². The van der Waals surface area contributed by atoms with Crippen LogP contribution < -0.4 is 10.9 Å². The number of nitrogens with one attached hydrogen (secondary N) is 1. The second-order valence-electron chi connectivity index (χ2n) is 13.7. The van der Waals surface area contributed by atoms with E-state index in [1.165, 1.54) is 19.3 Å². The van der Waals surface area contributed by atoms with Crippen molar-refractivity contribution in [3.05, 3.63) is 34.4 Å². The molecule has 6 fully saturated rings. The Morgan fingerprint density at radius 1 is 1.08 bits per heavy atom. The molecule has 3 heterocycles. The number of fused-ring (bicyclic) bond motifs is 3. The molecule has 4 saturated carbocycles. The monoisotopic (exact) mass is 540 g/mol. The Morgan fingerprint density at radius 2 is 1.92 bits per heavy atom. The molecule has 2 saturated heterocycles. The van der Waals surface area contributed by atoms with Gasteiger partial charge >= 0.3 is 11.7 Å². The fourth-order valence-corrected chi connectivity index (χ4v) is 10.2. The molecule has 0 unspecified atom stereocenters. The van der Waals surface area contributed by atoms with Crippen LogP contribution in [0.1, 0.15) is 76.7 Å². The summed E-state index contributed by atoms with van der Waals surface area (Å²) in [5.74, 6) is 2.28. The Bertz CT molecular complexity index is 1130. The molecule has 1 aromatic heterocycles. The van der Waals surface area contributed by atoms with Gasteiger partial charge in [0.15, 0.2) is 0 Å². The van der Waals surface area contributed by atoms with E-state index in [-0.39, 0.29) is 28.8 Å². The molecule has 1 aromatic rings. The second kappa shape index (κ2) is 9.59. The summed E-state index contributed by atoms with van der Waals surface area (Å²) >= 11 is 0. The lowest BCUT2D eigenvalue weighted by molar-refractivity contribution is -0.129. The molecule has 1 N–H and O–H groups in total. The van der Waals surface area contributed by atoms with Gasteiger partial charge in [0, 0.05) is 37.2 Å². The number of morpholine rings is 1. The first-order valence-corrected chi connectivity index (χ1v) is 15.3. The number of carbonyl (C=O) groups excluding carboxylic acids is 1. The summed E-state index contributed by atoms with van der Waals surface area (Å²) in [6, 6.07) is 3.75. The van der Waals surface area contributed by atoms with Crippen LogP contribution in [-0.2, 0) is 14.2 Å². The molecule has 4 aliphatic carbocycles. The summed E-state index contributed by atoms with van der Waals surface area (Å²) in [4.78, 5) is 26.5. The lowest BCUT2D eigenvalue weighted by atomic mass is 9.44. The van der Waals surface area contributed by atoms with E-state index in [2.05, 4.69) is 24.1 Å². The quantitative estimate of drug-likeness (QED) is 0.556. The molecule has 6 aliphatic rings. The zero-order valence-electron chi connectivity index (χ0n) is 23.5. The molecule has 1 spiro atoms. The summed E-state index contributed by atoms with van der Waals surface area (Å²) in [7, 11) is 0. The molecule has 8 heteroatoms. The Labute approximate surface area is 231 Å². The fraction of sp³-hybridized carbons (Fsp3) is 0.806. The Hall–Kier alpha value is -1.90. The van der Waals surface area contributed by atoms with E-state index < -0.39 is 0 Å². The molecular weight excluding hydrogens is 496 g/mol. The van der Waals surface area contributed by atoms with Gasteiger partial charge in [-0.3, -0.25) is 4.90 Å². The number of hydrogen-bond acceptors (Lipinski definition) is 7. The maximum atomic E-state index is 12.6. The number of carbonyl (C=O) groups is 1. The third-order valence-electron chi connectivity index (χ3n) is 12.3. The van der Waals surface area contributed by atoms with Gasteiger partial charge in [-0.25, -0.2) is 9.59 Å². The summed E-state index contributed by atoms with van der Waals surface area (Å²) in [5, 5.41) is 3.21. The molecule has 7 rings (SSSR count). The van der Waals surface area contributed by atoms with E-state index in [0.717, 1.165) is 70.5 Å². The molecule has 214 valence electrons.